The Morgan fingerprint density at radius 1 is 1.14 bits per heavy atom. The average Bonchev–Trinajstić information content (AvgIpc) is 2.24. The van der Waals surface area contributed by atoms with Crippen LogP contribution < -0.4 is 5.32 Å². The summed E-state index contributed by atoms with van der Waals surface area (Å²) < 4.78 is 0. The Bertz CT molecular complexity index is 385. The topological polar surface area (TPSA) is 41.6 Å². The second-order valence-electron chi connectivity index (χ2n) is 7.69. The summed E-state index contributed by atoms with van der Waals surface area (Å²) in [6.07, 6.45) is 5.38. The molecule has 0 radical (unpaired) electrons. The smallest absolute Gasteiger partial charge is 0.242 e. The number of allylic oxidation sites excluding steroid dienone is 2. The maximum Gasteiger partial charge on any atom is 0.242 e. The van der Waals surface area contributed by atoms with Gasteiger partial charge in [0.05, 0.1) is 6.61 Å². The molecule has 0 bridgehead atoms. The SMILES string of the molecule is C=C/C=C/CON(C(C)(C)C)C(C)(C)C(=O)NC(C)(C)C. The lowest BCUT2D eigenvalue weighted by Crippen LogP contribution is -2.63. The van der Waals surface area contributed by atoms with Crippen molar-refractivity contribution >= 4 is 5.91 Å². The Kier molecular flexibility index (Phi) is 6.84. The van der Waals surface area contributed by atoms with Crippen molar-refractivity contribution in [1.82, 2.24) is 10.4 Å². The highest BCUT2D eigenvalue weighted by Gasteiger charge is 2.42. The van der Waals surface area contributed by atoms with Crippen LogP contribution in [0.1, 0.15) is 55.4 Å². The molecule has 0 fully saturated rings. The minimum atomic E-state index is -0.784. The fraction of sp³-hybridized carbons (Fsp3) is 0.706. The van der Waals surface area contributed by atoms with Gasteiger partial charge < -0.3 is 5.32 Å². The van der Waals surface area contributed by atoms with Crippen molar-refractivity contribution in [2.24, 2.45) is 0 Å². The van der Waals surface area contributed by atoms with Crippen LogP contribution in [0, 0.1) is 0 Å². The van der Waals surface area contributed by atoms with Crippen molar-refractivity contribution in [2.45, 2.75) is 72.0 Å². The molecule has 0 atom stereocenters. The number of hydroxylamine groups is 2. The van der Waals surface area contributed by atoms with Crippen LogP contribution in [0.4, 0.5) is 0 Å². The molecule has 1 N–H and O–H groups in total. The van der Waals surface area contributed by atoms with Gasteiger partial charge in [0.15, 0.2) is 0 Å². The molecule has 4 nitrogen and oxygen atoms in total. The maximum absolute atomic E-state index is 12.6. The van der Waals surface area contributed by atoms with Crippen molar-refractivity contribution in [3.63, 3.8) is 0 Å². The Morgan fingerprint density at radius 2 is 1.67 bits per heavy atom. The molecule has 122 valence electrons. The number of hydrogen-bond donors (Lipinski definition) is 1. The zero-order chi connectivity index (χ0) is 16.9. The van der Waals surface area contributed by atoms with Gasteiger partial charge in [0.25, 0.3) is 0 Å². The van der Waals surface area contributed by atoms with Crippen LogP contribution >= 0.6 is 0 Å². The zero-order valence-electron chi connectivity index (χ0n) is 14.9. The fourth-order valence-corrected chi connectivity index (χ4v) is 2.05. The first-order chi connectivity index (χ1) is 9.32. The van der Waals surface area contributed by atoms with Crippen LogP contribution in [0.25, 0.3) is 0 Å². The summed E-state index contributed by atoms with van der Waals surface area (Å²) in [5.41, 5.74) is -1.37. The lowest BCUT2D eigenvalue weighted by atomic mass is 9.95. The third-order valence-corrected chi connectivity index (χ3v) is 2.73. The van der Waals surface area contributed by atoms with E-state index in [1.165, 1.54) is 0 Å². The molecular formula is C17H32N2O2. The molecule has 0 heterocycles. The van der Waals surface area contributed by atoms with Crippen LogP contribution in [0.3, 0.4) is 0 Å². The molecule has 0 aliphatic carbocycles. The summed E-state index contributed by atoms with van der Waals surface area (Å²) in [7, 11) is 0. The van der Waals surface area contributed by atoms with Gasteiger partial charge in [0.1, 0.15) is 5.54 Å². The van der Waals surface area contributed by atoms with Gasteiger partial charge >= 0.3 is 0 Å². The molecule has 0 spiro atoms. The van der Waals surface area contributed by atoms with E-state index in [-0.39, 0.29) is 17.0 Å². The minimum absolute atomic E-state index is 0.0578. The van der Waals surface area contributed by atoms with Crippen molar-refractivity contribution < 1.29 is 9.63 Å². The number of carbonyl (C=O) groups excluding carboxylic acids is 1. The Labute approximate surface area is 130 Å². The standard InChI is InChI=1S/C17H32N2O2/c1-10-11-12-13-21-19(16(5,6)7)17(8,9)14(20)18-15(2,3)4/h10-12H,1,13H2,2-9H3,(H,18,20)/b12-11+. The largest absolute Gasteiger partial charge is 0.350 e. The maximum atomic E-state index is 12.6. The van der Waals surface area contributed by atoms with Crippen LogP contribution in [-0.4, -0.2) is 34.2 Å². The van der Waals surface area contributed by atoms with Crippen LogP contribution in [0.15, 0.2) is 24.8 Å². The van der Waals surface area contributed by atoms with E-state index >= 15 is 0 Å². The quantitative estimate of drug-likeness (QED) is 0.603. The molecule has 21 heavy (non-hydrogen) atoms. The lowest BCUT2D eigenvalue weighted by molar-refractivity contribution is -0.250. The van der Waals surface area contributed by atoms with E-state index in [1.54, 1.807) is 11.1 Å². The Balaban J connectivity index is 5.16. The second-order valence-corrected chi connectivity index (χ2v) is 7.69. The van der Waals surface area contributed by atoms with Crippen LogP contribution in [-0.2, 0) is 9.63 Å². The third-order valence-electron chi connectivity index (χ3n) is 2.73. The van der Waals surface area contributed by atoms with Gasteiger partial charge in [-0.1, -0.05) is 24.8 Å². The normalized spacial score (nSPS) is 13.8. The fourth-order valence-electron chi connectivity index (χ4n) is 2.05. The molecule has 0 aliphatic heterocycles. The predicted octanol–water partition coefficient (Wildman–Crippen LogP) is 3.45. The summed E-state index contributed by atoms with van der Waals surface area (Å²) in [6.45, 7) is 19.7. The van der Waals surface area contributed by atoms with E-state index in [1.807, 2.05) is 67.5 Å². The molecule has 0 unspecified atom stereocenters. The number of nitrogens with zero attached hydrogens (tertiary/aromatic N) is 1. The van der Waals surface area contributed by atoms with Crippen molar-refractivity contribution in [3.05, 3.63) is 24.8 Å². The molecule has 0 aliphatic rings. The van der Waals surface area contributed by atoms with E-state index in [0.29, 0.717) is 6.61 Å². The lowest BCUT2D eigenvalue weighted by Gasteiger charge is -2.45. The van der Waals surface area contributed by atoms with Gasteiger partial charge in [-0.05, 0) is 55.4 Å². The molecule has 0 aromatic carbocycles. The van der Waals surface area contributed by atoms with Gasteiger partial charge in [-0.3, -0.25) is 9.63 Å². The summed E-state index contributed by atoms with van der Waals surface area (Å²) in [6, 6.07) is 0. The Morgan fingerprint density at radius 3 is 2.05 bits per heavy atom. The van der Waals surface area contributed by atoms with Crippen molar-refractivity contribution in [3.8, 4) is 0 Å². The summed E-state index contributed by atoms with van der Waals surface area (Å²) in [5.74, 6) is -0.0578. The van der Waals surface area contributed by atoms with Crippen LogP contribution in [0.2, 0.25) is 0 Å². The van der Waals surface area contributed by atoms with Gasteiger partial charge in [0.2, 0.25) is 5.91 Å². The number of rotatable bonds is 6. The summed E-state index contributed by atoms with van der Waals surface area (Å²) in [5, 5.41) is 4.78. The van der Waals surface area contributed by atoms with Crippen molar-refractivity contribution in [1.29, 1.82) is 0 Å². The molecule has 0 saturated heterocycles. The molecule has 4 heteroatoms. The van der Waals surface area contributed by atoms with Gasteiger partial charge in [-0.15, -0.1) is 0 Å². The molecule has 1 amide bonds. The average molecular weight is 296 g/mol. The zero-order valence-corrected chi connectivity index (χ0v) is 14.9. The highest BCUT2D eigenvalue weighted by molar-refractivity contribution is 5.85. The Hall–Kier alpha value is -1.13. The van der Waals surface area contributed by atoms with Crippen molar-refractivity contribution in [2.75, 3.05) is 6.61 Å². The number of amides is 1. The van der Waals surface area contributed by atoms with E-state index in [2.05, 4.69) is 11.9 Å². The van der Waals surface area contributed by atoms with Gasteiger partial charge in [-0.2, -0.15) is 5.06 Å². The first kappa shape index (κ1) is 19.9. The summed E-state index contributed by atoms with van der Waals surface area (Å²) in [4.78, 5) is 18.4. The first-order valence-corrected chi connectivity index (χ1v) is 7.36. The molecule has 0 aromatic rings. The highest BCUT2D eigenvalue weighted by Crippen LogP contribution is 2.26. The highest BCUT2D eigenvalue weighted by atomic mass is 16.7. The van der Waals surface area contributed by atoms with Gasteiger partial charge in [0, 0.05) is 11.1 Å². The van der Waals surface area contributed by atoms with E-state index < -0.39 is 5.54 Å². The van der Waals surface area contributed by atoms with E-state index in [4.69, 9.17) is 4.84 Å². The first-order valence-electron chi connectivity index (χ1n) is 7.36. The number of hydrogen-bond acceptors (Lipinski definition) is 3. The number of carbonyl (C=O) groups is 1. The second kappa shape index (κ2) is 7.23. The van der Waals surface area contributed by atoms with Gasteiger partial charge in [-0.25, -0.2) is 0 Å². The molecule has 0 saturated carbocycles. The minimum Gasteiger partial charge on any atom is -0.350 e. The monoisotopic (exact) mass is 296 g/mol. The number of nitrogens with one attached hydrogen (secondary N) is 1. The molecule has 0 aromatic heterocycles. The van der Waals surface area contributed by atoms with E-state index in [0.717, 1.165) is 0 Å². The summed E-state index contributed by atoms with van der Waals surface area (Å²) >= 11 is 0. The molecule has 0 rings (SSSR count). The third kappa shape index (κ3) is 6.91. The predicted molar refractivity (Wildman–Crippen MR) is 88.9 cm³/mol. The molecular weight excluding hydrogens is 264 g/mol. The van der Waals surface area contributed by atoms with Crippen LogP contribution in [0.5, 0.6) is 0 Å². The van der Waals surface area contributed by atoms with E-state index in [9.17, 15) is 4.79 Å².